The van der Waals surface area contributed by atoms with E-state index in [1.807, 2.05) is 13.2 Å². The Morgan fingerprint density at radius 3 is 2.66 bits per heavy atom. The molecule has 3 N–H and O–H groups in total. The largest absolute Gasteiger partial charge is 0.468 e. The van der Waals surface area contributed by atoms with Crippen molar-refractivity contribution in [1.29, 1.82) is 0 Å². The molecule has 9 nitrogen and oxygen atoms in total. The summed E-state index contributed by atoms with van der Waals surface area (Å²) in [7, 11) is 3.13. The average molecular weight is 399 g/mol. The molecular formula is C20H25N5O4. The van der Waals surface area contributed by atoms with Gasteiger partial charge in [-0.3, -0.25) is 19.1 Å². The van der Waals surface area contributed by atoms with E-state index in [0.29, 0.717) is 12.2 Å². The van der Waals surface area contributed by atoms with Crippen LogP contribution in [0.15, 0.2) is 36.7 Å². The van der Waals surface area contributed by atoms with Gasteiger partial charge in [-0.2, -0.15) is 5.10 Å². The molecule has 1 aliphatic heterocycles. The first kappa shape index (κ1) is 20.5. The molecule has 0 aliphatic carbocycles. The topological polar surface area (TPSA) is 114 Å². The number of hydrogen-bond acceptors (Lipinski definition) is 6. The van der Waals surface area contributed by atoms with Crippen LogP contribution in [-0.2, 0) is 32.6 Å². The van der Waals surface area contributed by atoms with Crippen molar-refractivity contribution in [1.82, 2.24) is 20.4 Å². The minimum Gasteiger partial charge on any atom is -0.468 e. The number of hydrogen-bond donors (Lipinski definition) is 3. The number of benzene rings is 1. The summed E-state index contributed by atoms with van der Waals surface area (Å²) in [6.07, 6.45) is 3.89. The average Bonchev–Trinajstić information content (AvgIpc) is 3.36. The van der Waals surface area contributed by atoms with Crippen LogP contribution in [0.5, 0.6) is 0 Å². The van der Waals surface area contributed by atoms with Crippen molar-refractivity contribution in [3.8, 4) is 0 Å². The highest BCUT2D eigenvalue weighted by Crippen LogP contribution is 2.28. The van der Waals surface area contributed by atoms with Gasteiger partial charge in [0.2, 0.25) is 11.8 Å². The van der Waals surface area contributed by atoms with Crippen molar-refractivity contribution in [3.05, 3.63) is 47.8 Å². The fourth-order valence-electron chi connectivity index (χ4n) is 3.37. The molecular weight excluding hydrogens is 374 g/mol. The standard InChI is InChI=1S/C20H25N5O4/c1-25-12-14(8-23-25)16-9-21-10-17(16)20(28)24-15-5-3-13(4-6-15)7-18(26)22-11-19(27)29-2/h3-6,8,12,16-17,21H,7,9-11H2,1-2H3,(H,22,26)(H,24,28)/t16-,17+/m1/s1. The lowest BCUT2D eigenvalue weighted by molar-refractivity contribution is -0.141. The van der Waals surface area contributed by atoms with Crippen molar-refractivity contribution >= 4 is 23.5 Å². The zero-order valence-corrected chi connectivity index (χ0v) is 16.5. The van der Waals surface area contributed by atoms with Crippen LogP contribution in [0.1, 0.15) is 17.0 Å². The number of esters is 1. The van der Waals surface area contributed by atoms with E-state index in [1.165, 1.54) is 7.11 Å². The normalized spacial score (nSPS) is 18.3. The van der Waals surface area contributed by atoms with Crippen LogP contribution in [0.4, 0.5) is 5.69 Å². The zero-order chi connectivity index (χ0) is 20.8. The highest BCUT2D eigenvalue weighted by Gasteiger charge is 2.34. The third-order valence-electron chi connectivity index (χ3n) is 4.95. The Hall–Kier alpha value is -3.20. The monoisotopic (exact) mass is 399 g/mol. The van der Waals surface area contributed by atoms with Crippen molar-refractivity contribution in [2.75, 3.05) is 32.1 Å². The molecule has 29 heavy (non-hydrogen) atoms. The van der Waals surface area contributed by atoms with Crippen molar-refractivity contribution < 1.29 is 19.1 Å². The fraction of sp³-hybridized carbons (Fsp3) is 0.400. The number of rotatable bonds is 7. The predicted molar refractivity (Wildman–Crippen MR) is 106 cm³/mol. The summed E-state index contributed by atoms with van der Waals surface area (Å²) in [5, 5.41) is 12.9. The molecule has 2 amide bonds. The van der Waals surface area contributed by atoms with Gasteiger partial charge in [-0.05, 0) is 23.3 Å². The zero-order valence-electron chi connectivity index (χ0n) is 16.5. The van der Waals surface area contributed by atoms with Gasteiger partial charge in [0.15, 0.2) is 0 Å². The molecule has 1 aromatic carbocycles. The number of amides is 2. The van der Waals surface area contributed by atoms with Gasteiger partial charge in [-0.25, -0.2) is 0 Å². The van der Waals surface area contributed by atoms with E-state index in [-0.39, 0.29) is 36.6 Å². The van der Waals surface area contributed by atoms with E-state index in [2.05, 4.69) is 25.8 Å². The number of carbonyl (C=O) groups is 3. The second-order valence-corrected chi connectivity index (χ2v) is 7.03. The summed E-state index contributed by atoms with van der Waals surface area (Å²) in [6.45, 7) is 1.20. The lowest BCUT2D eigenvalue weighted by Crippen LogP contribution is -2.31. The van der Waals surface area contributed by atoms with Gasteiger partial charge < -0.3 is 20.7 Å². The number of methoxy groups -OCH3 is 1. The molecule has 1 aromatic heterocycles. The predicted octanol–water partition coefficient (Wildman–Crippen LogP) is 0.194. The third-order valence-corrected chi connectivity index (χ3v) is 4.95. The molecule has 0 unspecified atom stereocenters. The molecule has 1 fully saturated rings. The van der Waals surface area contributed by atoms with E-state index in [0.717, 1.165) is 17.7 Å². The van der Waals surface area contributed by atoms with Crippen LogP contribution < -0.4 is 16.0 Å². The molecule has 2 atom stereocenters. The van der Waals surface area contributed by atoms with E-state index < -0.39 is 5.97 Å². The number of carbonyl (C=O) groups excluding carboxylic acids is 3. The van der Waals surface area contributed by atoms with Crippen LogP contribution in [0.2, 0.25) is 0 Å². The van der Waals surface area contributed by atoms with Crippen molar-refractivity contribution in [2.24, 2.45) is 13.0 Å². The Bertz CT molecular complexity index is 877. The molecule has 9 heteroatoms. The fourth-order valence-corrected chi connectivity index (χ4v) is 3.37. The molecule has 154 valence electrons. The summed E-state index contributed by atoms with van der Waals surface area (Å²) in [4.78, 5) is 35.7. The first-order valence-electron chi connectivity index (χ1n) is 9.39. The summed E-state index contributed by atoms with van der Waals surface area (Å²) in [5.74, 6) is -0.914. The van der Waals surface area contributed by atoms with Gasteiger partial charge in [-0.15, -0.1) is 0 Å². The van der Waals surface area contributed by atoms with Gasteiger partial charge in [0, 0.05) is 37.9 Å². The van der Waals surface area contributed by atoms with Gasteiger partial charge in [0.25, 0.3) is 0 Å². The van der Waals surface area contributed by atoms with Gasteiger partial charge in [0.1, 0.15) is 6.54 Å². The van der Waals surface area contributed by atoms with Crippen molar-refractivity contribution in [3.63, 3.8) is 0 Å². The Morgan fingerprint density at radius 1 is 1.24 bits per heavy atom. The maximum atomic E-state index is 12.8. The van der Waals surface area contributed by atoms with E-state index in [1.54, 1.807) is 35.1 Å². The summed E-state index contributed by atoms with van der Waals surface area (Å²) in [5.41, 5.74) is 2.50. The van der Waals surface area contributed by atoms with E-state index >= 15 is 0 Å². The van der Waals surface area contributed by atoms with Crippen LogP contribution in [0.25, 0.3) is 0 Å². The molecule has 0 radical (unpaired) electrons. The number of ether oxygens (including phenoxy) is 1. The summed E-state index contributed by atoms with van der Waals surface area (Å²) >= 11 is 0. The quantitative estimate of drug-likeness (QED) is 0.573. The lowest BCUT2D eigenvalue weighted by atomic mass is 9.90. The summed E-state index contributed by atoms with van der Waals surface area (Å²) in [6, 6.07) is 7.09. The number of aromatic nitrogens is 2. The first-order chi connectivity index (χ1) is 14.0. The first-order valence-corrected chi connectivity index (χ1v) is 9.39. The second-order valence-electron chi connectivity index (χ2n) is 7.03. The SMILES string of the molecule is COC(=O)CNC(=O)Cc1ccc(NC(=O)[C@H]2CNC[C@@H]2c2cnn(C)c2)cc1. The van der Waals surface area contributed by atoms with Crippen LogP contribution >= 0.6 is 0 Å². The molecule has 2 heterocycles. The smallest absolute Gasteiger partial charge is 0.325 e. The van der Waals surface area contributed by atoms with Crippen LogP contribution in [-0.4, -0.2) is 54.3 Å². The minimum atomic E-state index is -0.498. The molecule has 0 spiro atoms. The highest BCUT2D eigenvalue weighted by molar-refractivity contribution is 5.93. The second kappa shape index (κ2) is 9.33. The van der Waals surface area contributed by atoms with Crippen LogP contribution in [0, 0.1) is 5.92 Å². The Morgan fingerprint density at radius 2 is 2.00 bits per heavy atom. The van der Waals surface area contributed by atoms with Gasteiger partial charge in [0.05, 0.1) is 25.6 Å². The molecule has 0 bridgehead atoms. The molecule has 0 saturated carbocycles. The highest BCUT2D eigenvalue weighted by atomic mass is 16.5. The molecule has 3 rings (SSSR count). The molecule has 2 aromatic rings. The number of nitrogens with zero attached hydrogens (tertiary/aromatic N) is 2. The Kier molecular flexibility index (Phi) is 6.61. The lowest BCUT2D eigenvalue weighted by Gasteiger charge is -2.17. The Labute approximate surface area is 168 Å². The van der Waals surface area contributed by atoms with Gasteiger partial charge >= 0.3 is 5.97 Å². The number of aryl methyl sites for hydroxylation is 1. The Balaban J connectivity index is 1.54. The number of nitrogens with one attached hydrogen (secondary N) is 3. The molecule has 1 saturated heterocycles. The number of anilines is 1. The maximum Gasteiger partial charge on any atom is 0.325 e. The maximum absolute atomic E-state index is 12.8. The third kappa shape index (κ3) is 5.41. The summed E-state index contributed by atoms with van der Waals surface area (Å²) < 4.78 is 6.22. The van der Waals surface area contributed by atoms with Crippen molar-refractivity contribution in [2.45, 2.75) is 12.3 Å². The van der Waals surface area contributed by atoms with Gasteiger partial charge in [-0.1, -0.05) is 12.1 Å². The van der Waals surface area contributed by atoms with Crippen LogP contribution in [0.3, 0.4) is 0 Å². The minimum absolute atomic E-state index is 0.0487. The van der Waals surface area contributed by atoms with E-state index in [9.17, 15) is 14.4 Å². The van der Waals surface area contributed by atoms with E-state index in [4.69, 9.17) is 0 Å². The molecule has 1 aliphatic rings.